The number of halogens is 1. The van der Waals surface area contributed by atoms with E-state index in [1.807, 2.05) is 60.7 Å². The Morgan fingerprint density at radius 2 is 1.71 bits per heavy atom. The van der Waals surface area contributed by atoms with Crippen LogP contribution in [0.3, 0.4) is 0 Å². The lowest BCUT2D eigenvalue weighted by molar-refractivity contribution is -0.115. The van der Waals surface area contributed by atoms with Gasteiger partial charge >= 0.3 is 0 Å². The van der Waals surface area contributed by atoms with Crippen LogP contribution >= 0.6 is 15.9 Å². The molecule has 156 valence electrons. The fraction of sp³-hybridized carbons (Fsp3) is 0.115. The third-order valence-corrected chi connectivity index (χ3v) is 5.34. The van der Waals surface area contributed by atoms with Crippen LogP contribution in [0, 0.1) is 0 Å². The van der Waals surface area contributed by atoms with E-state index in [1.165, 1.54) is 0 Å². The first kappa shape index (κ1) is 20.9. The number of fused-ring (bicyclic) bond motifs is 1. The summed E-state index contributed by atoms with van der Waals surface area (Å²) in [6.45, 7) is 0. The molecular formula is C26H22BrNO3. The number of methoxy groups -OCH3 is 1. The maximum Gasteiger partial charge on any atom is 0.225 e. The van der Waals surface area contributed by atoms with Gasteiger partial charge in [0.15, 0.2) is 0 Å². The maximum atomic E-state index is 11.8. The number of carbonyl (C=O) groups excluding carboxylic acids is 1. The highest BCUT2D eigenvalue weighted by Gasteiger charge is 2.13. The van der Waals surface area contributed by atoms with E-state index >= 15 is 0 Å². The minimum Gasteiger partial charge on any atom is -0.497 e. The molecule has 0 aromatic heterocycles. The Bertz CT molecular complexity index is 1200. The van der Waals surface area contributed by atoms with Crippen LogP contribution in [-0.2, 0) is 4.79 Å². The summed E-state index contributed by atoms with van der Waals surface area (Å²) < 4.78 is 11.8. The largest absolute Gasteiger partial charge is 0.497 e. The van der Waals surface area contributed by atoms with Gasteiger partial charge in [0.2, 0.25) is 5.91 Å². The molecule has 0 aliphatic carbocycles. The summed E-state index contributed by atoms with van der Waals surface area (Å²) in [5, 5.41) is 5.63. The smallest absolute Gasteiger partial charge is 0.225 e. The number of hydrogen-bond donors (Lipinski definition) is 1. The van der Waals surface area contributed by atoms with Crippen LogP contribution in [0.2, 0.25) is 0 Å². The number of hydrogen-bond acceptors (Lipinski definition) is 3. The van der Waals surface area contributed by atoms with Crippen molar-refractivity contribution in [2.45, 2.75) is 6.42 Å². The van der Waals surface area contributed by atoms with Crippen molar-refractivity contribution in [3.8, 4) is 28.4 Å². The predicted octanol–water partition coefficient (Wildman–Crippen LogP) is 7.03. The molecule has 0 saturated heterocycles. The van der Waals surface area contributed by atoms with E-state index in [9.17, 15) is 4.79 Å². The van der Waals surface area contributed by atoms with Crippen molar-refractivity contribution < 1.29 is 14.3 Å². The molecule has 4 nitrogen and oxygen atoms in total. The van der Waals surface area contributed by atoms with Crippen LogP contribution in [-0.4, -0.2) is 18.3 Å². The third kappa shape index (κ3) is 4.89. The molecule has 0 unspecified atom stereocenters. The molecule has 0 aliphatic heterocycles. The molecule has 0 heterocycles. The lowest BCUT2D eigenvalue weighted by Crippen LogP contribution is -2.11. The summed E-state index contributed by atoms with van der Waals surface area (Å²) in [5.74, 6) is 2.24. The Hall–Kier alpha value is -3.31. The van der Waals surface area contributed by atoms with Crippen molar-refractivity contribution >= 4 is 38.3 Å². The molecule has 0 spiro atoms. The van der Waals surface area contributed by atoms with Crippen molar-refractivity contribution in [1.29, 1.82) is 0 Å². The lowest BCUT2D eigenvalue weighted by atomic mass is 9.99. The van der Waals surface area contributed by atoms with Gasteiger partial charge in [0.05, 0.1) is 7.11 Å². The minimum absolute atomic E-state index is 0.0279. The standard InChI is InChI=1S/C26H22BrNO3/c1-30-22-7-4-6-19(17-22)24-14-9-18-5-2-3-8-23(18)26(24)31-21-12-10-20(11-13-21)28-25(29)15-16-27/h2-14,17H,15-16H2,1H3,(H,28,29). The zero-order valence-electron chi connectivity index (χ0n) is 17.1. The highest BCUT2D eigenvalue weighted by molar-refractivity contribution is 9.09. The first-order valence-electron chi connectivity index (χ1n) is 9.98. The van der Waals surface area contributed by atoms with Crippen molar-refractivity contribution in [3.63, 3.8) is 0 Å². The van der Waals surface area contributed by atoms with Gasteiger partial charge in [0, 0.05) is 28.4 Å². The molecule has 1 N–H and O–H groups in total. The van der Waals surface area contributed by atoms with E-state index in [2.05, 4.69) is 45.5 Å². The molecule has 0 radical (unpaired) electrons. The summed E-state index contributed by atoms with van der Waals surface area (Å²) in [5.41, 5.74) is 2.73. The van der Waals surface area contributed by atoms with Gasteiger partial charge in [-0.1, -0.05) is 58.4 Å². The quantitative estimate of drug-likeness (QED) is 0.291. The molecule has 4 aromatic rings. The fourth-order valence-electron chi connectivity index (χ4n) is 3.40. The molecule has 5 heteroatoms. The molecule has 0 fully saturated rings. The zero-order chi connectivity index (χ0) is 21.6. The average Bonchev–Trinajstić information content (AvgIpc) is 2.80. The van der Waals surface area contributed by atoms with Crippen molar-refractivity contribution in [2.24, 2.45) is 0 Å². The van der Waals surface area contributed by atoms with E-state index in [1.54, 1.807) is 7.11 Å². The topological polar surface area (TPSA) is 47.6 Å². The normalized spacial score (nSPS) is 10.6. The van der Waals surface area contributed by atoms with Gasteiger partial charge in [-0.15, -0.1) is 0 Å². The van der Waals surface area contributed by atoms with Crippen LogP contribution in [0.25, 0.3) is 21.9 Å². The third-order valence-electron chi connectivity index (χ3n) is 4.94. The second-order valence-electron chi connectivity index (χ2n) is 7.01. The molecule has 4 rings (SSSR count). The van der Waals surface area contributed by atoms with Crippen molar-refractivity contribution in [3.05, 3.63) is 84.9 Å². The van der Waals surface area contributed by atoms with Gasteiger partial charge in [0.1, 0.15) is 17.2 Å². The van der Waals surface area contributed by atoms with E-state index in [0.29, 0.717) is 17.5 Å². The molecule has 0 atom stereocenters. The van der Waals surface area contributed by atoms with Crippen molar-refractivity contribution in [2.75, 3.05) is 17.8 Å². The summed E-state index contributed by atoms with van der Waals surface area (Å²) in [6.07, 6.45) is 0.429. The fourth-order valence-corrected chi connectivity index (χ4v) is 3.76. The van der Waals surface area contributed by atoms with Crippen LogP contribution < -0.4 is 14.8 Å². The van der Waals surface area contributed by atoms with E-state index in [4.69, 9.17) is 9.47 Å². The van der Waals surface area contributed by atoms with E-state index in [-0.39, 0.29) is 5.91 Å². The van der Waals surface area contributed by atoms with E-state index in [0.717, 1.165) is 39.1 Å². The summed E-state index contributed by atoms with van der Waals surface area (Å²) in [6, 6.07) is 27.7. The molecule has 4 aromatic carbocycles. The number of amides is 1. The van der Waals surface area contributed by atoms with Gasteiger partial charge in [-0.3, -0.25) is 4.79 Å². The van der Waals surface area contributed by atoms with Gasteiger partial charge in [-0.2, -0.15) is 0 Å². The number of alkyl halides is 1. The SMILES string of the molecule is COc1cccc(-c2ccc3ccccc3c2Oc2ccc(NC(=O)CCBr)cc2)c1. The van der Waals surface area contributed by atoms with Crippen molar-refractivity contribution in [1.82, 2.24) is 0 Å². The molecular weight excluding hydrogens is 454 g/mol. The van der Waals surface area contributed by atoms with Gasteiger partial charge < -0.3 is 14.8 Å². The lowest BCUT2D eigenvalue weighted by Gasteiger charge is -2.15. The number of nitrogens with one attached hydrogen (secondary N) is 1. The summed E-state index contributed by atoms with van der Waals surface area (Å²) >= 11 is 3.28. The number of carbonyl (C=O) groups is 1. The molecule has 0 bridgehead atoms. The Morgan fingerprint density at radius 1 is 0.903 bits per heavy atom. The Kier molecular flexibility index (Phi) is 6.53. The van der Waals surface area contributed by atoms with Gasteiger partial charge in [0.25, 0.3) is 0 Å². The summed E-state index contributed by atoms with van der Waals surface area (Å²) in [7, 11) is 1.66. The van der Waals surface area contributed by atoms with Crippen LogP contribution in [0.15, 0.2) is 84.9 Å². The predicted molar refractivity (Wildman–Crippen MR) is 129 cm³/mol. The maximum absolute atomic E-state index is 11.8. The molecule has 1 amide bonds. The Morgan fingerprint density at radius 3 is 2.48 bits per heavy atom. The first-order valence-corrected chi connectivity index (χ1v) is 11.1. The minimum atomic E-state index is -0.0279. The molecule has 31 heavy (non-hydrogen) atoms. The first-order chi connectivity index (χ1) is 15.2. The highest BCUT2D eigenvalue weighted by Crippen LogP contribution is 2.40. The van der Waals surface area contributed by atoms with Crippen LogP contribution in [0.5, 0.6) is 17.2 Å². The molecule has 0 saturated carbocycles. The van der Waals surface area contributed by atoms with Crippen LogP contribution in [0.4, 0.5) is 5.69 Å². The number of anilines is 1. The second-order valence-corrected chi connectivity index (χ2v) is 7.80. The Balaban J connectivity index is 1.71. The number of benzene rings is 4. The monoisotopic (exact) mass is 475 g/mol. The summed E-state index contributed by atoms with van der Waals surface area (Å²) in [4.78, 5) is 11.8. The Labute approximate surface area is 189 Å². The second kappa shape index (κ2) is 9.67. The van der Waals surface area contributed by atoms with E-state index < -0.39 is 0 Å². The number of ether oxygens (including phenoxy) is 2. The zero-order valence-corrected chi connectivity index (χ0v) is 18.7. The van der Waals surface area contributed by atoms with Gasteiger partial charge in [-0.25, -0.2) is 0 Å². The average molecular weight is 476 g/mol. The van der Waals surface area contributed by atoms with Crippen LogP contribution in [0.1, 0.15) is 6.42 Å². The highest BCUT2D eigenvalue weighted by atomic mass is 79.9. The van der Waals surface area contributed by atoms with Gasteiger partial charge in [-0.05, 0) is 53.4 Å². The number of rotatable bonds is 7. The molecule has 0 aliphatic rings.